The standard InChI is InChI=1S/C33H37N3O6/c37-30(34-22-13-15-24(16-14-22)41-23-10-5-2-6-11-23)27-26-17-18-33(42-26)28(27)32(39)36(20-25-12-7-19-40-25)29(33)31(38)35-21-8-3-1-4-9-21/h2,5-6,10-11,13-18,21,25-29H,1,3-4,7-9,12,19-20H2,(H,34,37)(H,35,38)/t25-,26-,27+,28-,29-,33-/m1/s1. The van der Waals surface area contributed by atoms with Gasteiger partial charge in [-0.25, -0.2) is 0 Å². The van der Waals surface area contributed by atoms with E-state index >= 15 is 0 Å². The van der Waals surface area contributed by atoms with E-state index in [2.05, 4.69) is 10.6 Å². The molecule has 2 aromatic carbocycles. The smallest absolute Gasteiger partial charge is 0.246 e. The first kappa shape index (κ1) is 27.2. The molecule has 2 aromatic rings. The van der Waals surface area contributed by atoms with Crippen molar-refractivity contribution in [1.82, 2.24) is 10.2 Å². The molecular weight excluding hydrogens is 534 g/mol. The third-order valence-electron chi connectivity index (χ3n) is 9.40. The third kappa shape index (κ3) is 4.88. The van der Waals surface area contributed by atoms with Crippen molar-refractivity contribution in [2.24, 2.45) is 11.8 Å². The summed E-state index contributed by atoms with van der Waals surface area (Å²) in [6, 6.07) is 15.9. The molecule has 3 amide bonds. The molecule has 6 atom stereocenters. The number of para-hydroxylation sites is 1. The van der Waals surface area contributed by atoms with Crippen LogP contribution in [0, 0.1) is 11.8 Å². The number of hydrogen-bond acceptors (Lipinski definition) is 6. The van der Waals surface area contributed by atoms with Gasteiger partial charge in [0.25, 0.3) is 0 Å². The number of rotatable bonds is 8. The molecule has 4 aliphatic heterocycles. The highest BCUT2D eigenvalue weighted by Gasteiger charge is 2.73. The molecule has 220 valence electrons. The van der Waals surface area contributed by atoms with Gasteiger partial charge in [0.2, 0.25) is 17.7 Å². The molecule has 9 nitrogen and oxygen atoms in total. The average Bonchev–Trinajstić information content (AvgIpc) is 3.78. The highest BCUT2D eigenvalue weighted by Crippen LogP contribution is 2.55. The first-order chi connectivity index (χ1) is 20.5. The normalized spacial score (nSPS) is 31.8. The van der Waals surface area contributed by atoms with Crippen molar-refractivity contribution in [3.63, 3.8) is 0 Å². The molecule has 7 rings (SSSR count). The molecule has 1 aliphatic carbocycles. The minimum Gasteiger partial charge on any atom is -0.457 e. The first-order valence-corrected chi connectivity index (χ1v) is 15.3. The summed E-state index contributed by atoms with van der Waals surface area (Å²) in [5, 5.41) is 6.22. The van der Waals surface area contributed by atoms with E-state index in [9.17, 15) is 14.4 Å². The number of amides is 3. The van der Waals surface area contributed by atoms with E-state index < -0.39 is 29.6 Å². The quantitative estimate of drug-likeness (QED) is 0.461. The lowest BCUT2D eigenvalue weighted by atomic mass is 9.74. The zero-order valence-corrected chi connectivity index (χ0v) is 23.6. The van der Waals surface area contributed by atoms with Gasteiger partial charge in [0.15, 0.2) is 0 Å². The van der Waals surface area contributed by atoms with Crippen molar-refractivity contribution < 1.29 is 28.6 Å². The van der Waals surface area contributed by atoms with E-state index in [1.54, 1.807) is 29.2 Å². The van der Waals surface area contributed by atoms with Crippen LogP contribution in [0.3, 0.4) is 0 Å². The van der Waals surface area contributed by atoms with Gasteiger partial charge in [0.05, 0.1) is 24.0 Å². The SMILES string of the molecule is O=C(Nc1ccc(Oc2ccccc2)cc1)[C@H]1[C@H]2C=C[C@@]3(O2)[C@H]1C(=O)N(C[C@H]1CCCO1)[C@@H]3C(=O)NC1CCCCC1. The lowest BCUT2D eigenvalue weighted by Crippen LogP contribution is -2.57. The van der Waals surface area contributed by atoms with E-state index in [1.807, 2.05) is 42.5 Å². The number of nitrogens with zero attached hydrogens (tertiary/aromatic N) is 1. The predicted octanol–water partition coefficient (Wildman–Crippen LogP) is 4.20. The number of anilines is 1. The van der Waals surface area contributed by atoms with Gasteiger partial charge in [-0.15, -0.1) is 0 Å². The van der Waals surface area contributed by atoms with E-state index in [0.29, 0.717) is 24.6 Å². The van der Waals surface area contributed by atoms with Crippen LogP contribution >= 0.6 is 0 Å². The number of nitrogens with one attached hydrogen (secondary N) is 2. The number of ether oxygens (including phenoxy) is 3. The summed E-state index contributed by atoms with van der Waals surface area (Å²) in [6.45, 7) is 0.970. The molecule has 4 heterocycles. The summed E-state index contributed by atoms with van der Waals surface area (Å²) in [7, 11) is 0. The molecule has 0 radical (unpaired) electrons. The third-order valence-corrected chi connectivity index (χ3v) is 9.40. The van der Waals surface area contributed by atoms with Crippen LogP contribution in [0.4, 0.5) is 5.69 Å². The maximum atomic E-state index is 14.1. The lowest BCUT2D eigenvalue weighted by molar-refractivity contribution is -0.143. The van der Waals surface area contributed by atoms with Crippen LogP contribution in [0.15, 0.2) is 66.7 Å². The Kier molecular flexibility index (Phi) is 7.23. The molecule has 1 saturated carbocycles. The number of benzene rings is 2. The van der Waals surface area contributed by atoms with Crippen LogP contribution in [0.25, 0.3) is 0 Å². The predicted molar refractivity (Wildman–Crippen MR) is 155 cm³/mol. The molecule has 5 aliphatic rings. The number of likely N-dealkylation sites (tertiary alicyclic amines) is 1. The molecule has 4 fully saturated rings. The van der Waals surface area contributed by atoms with E-state index in [-0.39, 0.29) is 29.9 Å². The molecule has 0 aromatic heterocycles. The van der Waals surface area contributed by atoms with Gasteiger partial charge in [-0.05, 0) is 62.1 Å². The van der Waals surface area contributed by atoms with Crippen LogP contribution in [-0.2, 0) is 23.9 Å². The first-order valence-electron chi connectivity index (χ1n) is 15.3. The summed E-state index contributed by atoms with van der Waals surface area (Å²) in [6.07, 6.45) is 10.0. The summed E-state index contributed by atoms with van der Waals surface area (Å²) < 4.78 is 18.2. The van der Waals surface area contributed by atoms with Crippen molar-refractivity contribution in [1.29, 1.82) is 0 Å². The van der Waals surface area contributed by atoms with E-state index in [4.69, 9.17) is 14.2 Å². The van der Waals surface area contributed by atoms with Gasteiger partial charge in [0.1, 0.15) is 23.1 Å². The Labute approximate surface area is 245 Å². The van der Waals surface area contributed by atoms with Crippen molar-refractivity contribution >= 4 is 23.4 Å². The number of hydrogen-bond donors (Lipinski definition) is 2. The van der Waals surface area contributed by atoms with E-state index in [0.717, 1.165) is 44.3 Å². The van der Waals surface area contributed by atoms with Crippen LogP contribution in [-0.4, -0.2) is 65.7 Å². The van der Waals surface area contributed by atoms with Gasteiger partial charge < -0.3 is 29.7 Å². The van der Waals surface area contributed by atoms with Crippen LogP contribution in [0.1, 0.15) is 44.9 Å². The second-order valence-electron chi connectivity index (χ2n) is 12.1. The Morgan fingerprint density at radius 3 is 2.43 bits per heavy atom. The number of fused-ring (bicyclic) bond motifs is 1. The topological polar surface area (TPSA) is 106 Å². The van der Waals surface area contributed by atoms with Gasteiger partial charge in [-0.2, -0.15) is 0 Å². The van der Waals surface area contributed by atoms with Crippen LogP contribution in [0.2, 0.25) is 0 Å². The number of carbonyl (C=O) groups excluding carboxylic acids is 3. The Balaban J connectivity index is 1.11. The fraction of sp³-hybridized carbons (Fsp3) is 0.485. The maximum absolute atomic E-state index is 14.1. The minimum absolute atomic E-state index is 0.0944. The van der Waals surface area contributed by atoms with Crippen LogP contribution in [0.5, 0.6) is 11.5 Å². The Hall–Kier alpha value is -3.69. The summed E-state index contributed by atoms with van der Waals surface area (Å²) in [4.78, 5) is 43.5. The van der Waals surface area contributed by atoms with Crippen molar-refractivity contribution in [2.45, 2.75) is 74.8 Å². The monoisotopic (exact) mass is 571 g/mol. The summed E-state index contributed by atoms with van der Waals surface area (Å²) in [5.74, 6) is -0.874. The van der Waals surface area contributed by atoms with Crippen LogP contribution < -0.4 is 15.4 Å². The van der Waals surface area contributed by atoms with Gasteiger partial charge in [-0.1, -0.05) is 49.6 Å². The van der Waals surface area contributed by atoms with Gasteiger partial charge in [0, 0.05) is 24.9 Å². The van der Waals surface area contributed by atoms with Gasteiger partial charge >= 0.3 is 0 Å². The zero-order chi connectivity index (χ0) is 28.7. The maximum Gasteiger partial charge on any atom is 0.246 e. The fourth-order valence-corrected chi connectivity index (χ4v) is 7.46. The molecule has 0 unspecified atom stereocenters. The molecular formula is C33H37N3O6. The molecule has 2 bridgehead atoms. The summed E-state index contributed by atoms with van der Waals surface area (Å²) in [5.41, 5.74) is -0.580. The molecule has 3 saturated heterocycles. The highest BCUT2D eigenvalue weighted by atomic mass is 16.5. The Bertz CT molecular complexity index is 1350. The van der Waals surface area contributed by atoms with Crippen molar-refractivity contribution in [3.05, 3.63) is 66.7 Å². The van der Waals surface area contributed by atoms with Crippen molar-refractivity contribution in [3.8, 4) is 11.5 Å². The Morgan fingerprint density at radius 1 is 0.929 bits per heavy atom. The minimum atomic E-state index is -1.17. The van der Waals surface area contributed by atoms with E-state index in [1.165, 1.54) is 6.42 Å². The Morgan fingerprint density at radius 2 is 1.69 bits per heavy atom. The summed E-state index contributed by atoms with van der Waals surface area (Å²) >= 11 is 0. The average molecular weight is 572 g/mol. The molecule has 1 spiro atoms. The lowest BCUT2D eigenvalue weighted by Gasteiger charge is -2.34. The fourth-order valence-electron chi connectivity index (χ4n) is 7.46. The van der Waals surface area contributed by atoms with Crippen molar-refractivity contribution in [2.75, 3.05) is 18.5 Å². The second kappa shape index (κ2) is 11.2. The molecule has 9 heteroatoms. The molecule has 2 N–H and O–H groups in total. The number of carbonyl (C=O) groups is 3. The largest absolute Gasteiger partial charge is 0.457 e. The highest BCUT2D eigenvalue weighted by molar-refractivity contribution is 6.02. The van der Waals surface area contributed by atoms with Gasteiger partial charge in [-0.3, -0.25) is 14.4 Å². The zero-order valence-electron chi connectivity index (χ0n) is 23.6. The second-order valence-corrected chi connectivity index (χ2v) is 12.1. The molecule has 42 heavy (non-hydrogen) atoms.